The quantitative estimate of drug-likeness (QED) is 0.645. The van der Waals surface area contributed by atoms with Gasteiger partial charge in [-0.2, -0.15) is 0 Å². The zero-order valence-corrected chi connectivity index (χ0v) is 9.38. The minimum atomic E-state index is 0.106. The Hall–Kier alpha value is -1.95. The van der Waals surface area contributed by atoms with E-state index < -0.39 is 0 Å². The molecule has 82 valence electrons. The van der Waals surface area contributed by atoms with Crippen molar-refractivity contribution in [2.75, 3.05) is 5.32 Å². The second-order valence-corrected chi connectivity index (χ2v) is 3.73. The average Bonchev–Trinajstić information content (AvgIpc) is 2.20. The van der Waals surface area contributed by atoms with Crippen LogP contribution in [0.5, 0.6) is 5.75 Å². The summed E-state index contributed by atoms with van der Waals surface area (Å²) in [5.74, 6) is 0.612. The second kappa shape index (κ2) is 3.90. The number of nitrogens with one attached hydrogen (secondary N) is 1. The number of fused-ring (bicyclic) bond motifs is 1. The number of rotatable bonds is 1. The van der Waals surface area contributed by atoms with Crippen LogP contribution in [0, 0.1) is 6.92 Å². The lowest BCUT2D eigenvalue weighted by atomic mass is 10.2. The van der Waals surface area contributed by atoms with E-state index >= 15 is 0 Å². The summed E-state index contributed by atoms with van der Waals surface area (Å²) in [5, 5.41) is 12.5. The van der Waals surface area contributed by atoms with Gasteiger partial charge in [0.2, 0.25) is 0 Å². The molecule has 0 amide bonds. The fraction of sp³-hybridized carbons (Fsp3) is 0.100. The number of phenolic OH excluding ortho intramolecular Hbond substituents is 1. The summed E-state index contributed by atoms with van der Waals surface area (Å²) in [6, 6.07) is 5.02. The van der Waals surface area contributed by atoms with E-state index in [2.05, 4.69) is 15.3 Å². The van der Waals surface area contributed by atoms with E-state index in [4.69, 9.17) is 18.0 Å². The third-order valence-electron chi connectivity index (χ3n) is 2.09. The van der Waals surface area contributed by atoms with Crippen LogP contribution >= 0.6 is 12.2 Å². The summed E-state index contributed by atoms with van der Waals surface area (Å²) in [6.45, 7) is 1.76. The molecule has 0 unspecified atom stereocenters. The molecule has 0 bridgehead atoms. The molecule has 1 heterocycles. The molecule has 1 aromatic carbocycles. The number of nitrogens with two attached hydrogens (primary N) is 1. The van der Waals surface area contributed by atoms with Crippen LogP contribution < -0.4 is 11.1 Å². The minimum Gasteiger partial charge on any atom is -0.506 e. The topological polar surface area (TPSA) is 84.1 Å². The van der Waals surface area contributed by atoms with Crippen molar-refractivity contribution < 1.29 is 5.11 Å². The van der Waals surface area contributed by atoms with Crippen LogP contribution in [0.1, 0.15) is 5.69 Å². The van der Waals surface area contributed by atoms with E-state index in [-0.39, 0.29) is 10.9 Å². The van der Waals surface area contributed by atoms with Gasteiger partial charge < -0.3 is 16.2 Å². The van der Waals surface area contributed by atoms with Gasteiger partial charge >= 0.3 is 0 Å². The summed E-state index contributed by atoms with van der Waals surface area (Å²) < 4.78 is 0. The van der Waals surface area contributed by atoms with E-state index in [1.54, 1.807) is 25.1 Å². The minimum absolute atomic E-state index is 0.106. The molecule has 0 saturated heterocycles. The van der Waals surface area contributed by atoms with Gasteiger partial charge in [-0.1, -0.05) is 6.07 Å². The standard InChI is InChI=1S/C10H10N4OS/c1-5-9(14-10(11)16)13-6-3-2-4-7(15)8(6)12-5/h2-4,15H,1H3,(H3,11,13,14,16). The lowest BCUT2D eigenvalue weighted by molar-refractivity contribution is 0.480. The Balaban J connectivity index is 2.63. The Bertz CT molecular complexity index is 570. The van der Waals surface area contributed by atoms with E-state index in [1.165, 1.54) is 0 Å². The fourth-order valence-corrected chi connectivity index (χ4v) is 1.48. The van der Waals surface area contributed by atoms with Crippen molar-refractivity contribution in [1.82, 2.24) is 9.97 Å². The normalized spacial score (nSPS) is 10.3. The molecule has 5 nitrogen and oxygen atoms in total. The highest BCUT2D eigenvalue weighted by atomic mass is 32.1. The Labute approximate surface area is 97.3 Å². The maximum atomic E-state index is 9.60. The fourth-order valence-electron chi connectivity index (χ4n) is 1.38. The number of aryl methyl sites for hydroxylation is 1. The van der Waals surface area contributed by atoms with Crippen molar-refractivity contribution in [1.29, 1.82) is 0 Å². The second-order valence-electron chi connectivity index (χ2n) is 3.29. The Kier molecular flexibility index (Phi) is 2.57. The molecule has 0 atom stereocenters. The van der Waals surface area contributed by atoms with E-state index in [1.807, 2.05) is 0 Å². The Morgan fingerprint density at radius 2 is 2.19 bits per heavy atom. The molecule has 0 spiro atoms. The van der Waals surface area contributed by atoms with Gasteiger partial charge in [-0.25, -0.2) is 9.97 Å². The maximum absolute atomic E-state index is 9.60. The first-order valence-corrected chi connectivity index (χ1v) is 5.01. The van der Waals surface area contributed by atoms with Crippen LogP contribution in [-0.4, -0.2) is 20.2 Å². The molecule has 0 aliphatic heterocycles. The van der Waals surface area contributed by atoms with Crippen molar-refractivity contribution in [3.05, 3.63) is 23.9 Å². The number of benzene rings is 1. The van der Waals surface area contributed by atoms with Gasteiger partial charge in [-0.15, -0.1) is 0 Å². The monoisotopic (exact) mass is 234 g/mol. The first kappa shape index (κ1) is 10.6. The predicted octanol–water partition coefficient (Wildman–Crippen LogP) is 1.30. The van der Waals surface area contributed by atoms with Gasteiger partial charge in [0.05, 0.1) is 11.2 Å². The number of thiocarbonyl (C=S) groups is 1. The molecule has 6 heteroatoms. The van der Waals surface area contributed by atoms with Crippen molar-refractivity contribution >= 4 is 34.2 Å². The molecule has 0 saturated carbocycles. The van der Waals surface area contributed by atoms with Crippen LogP contribution in [0.3, 0.4) is 0 Å². The molecule has 0 aliphatic rings. The molecule has 16 heavy (non-hydrogen) atoms. The summed E-state index contributed by atoms with van der Waals surface area (Å²) in [5.41, 5.74) is 7.05. The largest absolute Gasteiger partial charge is 0.506 e. The first-order chi connectivity index (χ1) is 7.58. The molecule has 0 radical (unpaired) electrons. The average molecular weight is 234 g/mol. The lowest BCUT2D eigenvalue weighted by Crippen LogP contribution is -2.20. The number of para-hydroxylation sites is 1. The summed E-state index contributed by atoms with van der Waals surface area (Å²) in [6.07, 6.45) is 0. The molecule has 0 fully saturated rings. The maximum Gasteiger partial charge on any atom is 0.169 e. The predicted molar refractivity (Wildman–Crippen MR) is 66.3 cm³/mol. The SMILES string of the molecule is Cc1nc2c(O)cccc2nc1NC(N)=S. The zero-order chi connectivity index (χ0) is 11.7. The van der Waals surface area contributed by atoms with Crippen LogP contribution in [0.25, 0.3) is 11.0 Å². The highest BCUT2D eigenvalue weighted by Crippen LogP contribution is 2.23. The smallest absolute Gasteiger partial charge is 0.169 e. The van der Waals surface area contributed by atoms with Gasteiger partial charge in [0.15, 0.2) is 10.9 Å². The number of aromatic nitrogens is 2. The molecular formula is C10H10N4OS. The summed E-state index contributed by atoms with van der Waals surface area (Å²) in [7, 11) is 0. The highest BCUT2D eigenvalue weighted by molar-refractivity contribution is 7.80. The van der Waals surface area contributed by atoms with E-state index in [0.29, 0.717) is 22.5 Å². The van der Waals surface area contributed by atoms with Crippen molar-refractivity contribution in [2.24, 2.45) is 5.73 Å². The Morgan fingerprint density at radius 1 is 1.44 bits per heavy atom. The van der Waals surface area contributed by atoms with Gasteiger partial charge in [0.25, 0.3) is 0 Å². The van der Waals surface area contributed by atoms with Crippen LogP contribution in [0.15, 0.2) is 18.2 Å². The van der Waals surface area contributed by atoms with Gasteiger partial charge in [0.1, 0.15) is 11.3 Å². The third kappa shape index (κ3) is 1.87. The lowest BCUT2D eigenvalue weighted by Gasteiger charge is -2.08. The van der Waals surface area contributed by atoms with Crippen molar-refractivity contribution in [3.8, 4) is 5.75 Å². The summed E-state index contributed by atoms with van der Waals surface area (Å²) in [4.78, 5) is 8.51. The van der Waals surface area contributed by atoms with E-state index in [0.717, 1.165) is 0 Å². The highest BCUT2D eigenvalue weighted by Gasteiger charge is 2.07. The molecular weight excluding hydrogens is 224 g/mol. The number of nitrogens with zero attached hydrogens (tertiary/aromatic N) is 2. The Morgan fingerprint density at radius 3 is 2.88 bits per heavy atom. The van der Waals surface area contributed by atoms with Crippen LogP contribution in [0.4, 0.5) is 5.82 Å². The molecule has 2 aromatic rings. The number of aromatic hydroxyl groups is 1. The summed E-state index contributed by atoms with van der Waals surface area (Å²) >= 11 is 4.74. The molecule has 4 N–H and O–H groups in total. The number of anilines is 1. The number of hydrogen-bond donors (Lipinski definition) is 3. The number of phenols is 1. The molecule has 0 aliphatic carbocycles. The van der Waals surface area contributed by atoms with Crippen LogP contribution in [0.2, 0.25) is 0 Å². The zero-order valence-electron chi connectivity index (χ0n) is 8.56. The van der Waals surface area contributed by atoms with Crippen molar-refractivity contribution in [3.63, 3.8) is 0 Å². The first-order valence-electron chi connectivity index (χ1n) is 4.60. The molecule has 2 rings (SSSR count). The van der Waals surface area contributed by atoms with Crippen LogP contribution in [-0.2, 0) is 0 Å². The van der Waals surface area contributed by atoms with E-state index in [9.17, 15) is 5.11 Å². The molecule has 1 aromatic heterocycles. The number of hydrogen-bond acceptors (Lipinski definition) is 4. The van der Waals surface area contributed by atoms with Gasteiger partial charge in [0, 0.05) is 0 Å². The third-order valence-corrected chi connectivity index (χ3v) is 2.19. The van der Waals surface area contributed by atoms with Gasteiger partial charge in [-0.05, 0) is 31.3 Å². The van der Waals surface area contributed by atoms with Crippen molar-refractivity contribution in [2.45, 2.75) is 6.92 Å². The van der Waals surface area contributed by atoms with Gasteiger partial charge in [-0.3, -0.25) is 0 Å².